The smallest absolute Gasteiger partial charge is 0.200 e. The number of aromatic nitrogens is 4. The number of benzene rings is 1. The molecule has 13 heteroatoms. The van der Waals surface area contributed by atoms with E-state index in [9.17, 15) is 10.2 Å². The van der Waals surface area contributed by atoms with E-state index in [2.05, 4.69) is 36.1 Å². The number of thiazole rings is 1. The van der Waals surface area contributed by atoms with E-state index >= 15 is 0 Å². The molecule has 32 heavy (non-hydrogen) atoms. The first-order valence-electron chi connectivity index (χ1n) is 9.29. The Kier molecular flexibility index (Phi) is 7.48. The molecule has 1 aliphatic rings. The number of halogens is 2. The fraction of sp³-hybridized carbons (Fsp3) is 0.368. The van der Waals surface area contributed by atoms with Gasteiger partial charge in [-0.1, -0.05) is 44.9 Å². The van der Waals surface area contributed by atoms with Crippen LogP contribution in [0.2, 0.25) is 5.15 Å². The van der Waals surface area contributed by atoms with Gasteiger partial charge in [-0.15, -0.1) is 28.2 Å². The number of nitrogens with zero attached hydrogens (tertiary/aromatic N) is 5. The molecular formula is C19H17BrClN5O4S2. The molecule has 2 unspecified atom stereocenters. The van der Waals surface area contributed by atoms with Gasteiger partial charge in [0.25, 0.3) is 0 Å². The van der Waals surface area contributed by atoms with Crippen LogP contribution in [0.3, 0.4) is 0 Å². The molecule has 4 rings (SSSR count). The van der Waals surface area contributed by atoms with E-state index in [0.717, 1.165) is 4.47 Å². The van der Waals surface area contributed by atoms with Crippen LogP contribution in [0.15, 0.2) is 39.1 Å². The first-order valence-corrected chi connectivity index (χ1v) is 12.2. The first-order chi connectivity index (χ1) is 15.4. The summed E-state index contributed by atoms with van der Waals surface area (Å²) in [6.45, 7) is 7.04. The third-order valence-electron chi connectivity index (χ3n) is 4.89. The van der Waals surface area contributed by atoms with Gasteiger partial charge in [-0.3, -0.25) is 0 Å². The zero-order chi connectivity index (χ0) is 22.8. The lowest BCUT2D eigenvalue weighted by Gasteiger charge is -2.43. The van der Waals surface area contributed by atoms with Crippen molar-refractivity contribution in [1.29, 1.82) is 0 Å². The van der Waals surface area contributed by atoms with Crippen molar-refractivity contribution in [2.24, 2.45) is 0 Å². The summed E-state index contributed by atoms with van der Waals surface area (Å²) in [6.07, 6.45) is -1.00. The lowest BCUT2D eigenvalue weighted by atomic mass is 9.97. The van der Waals surface area contributed by atoms with E-state index in [0.29, 0.717) is 26.4 Å². The highest BCUT2D eigenvalue weighted by Gasteiger charge is 2.47. The zero-order valence-electron chi connectivity index (χ0n) is 16.5. The molecule has 0 radical (unpaired) electrons. The molecule has 5 atom stereocenters. The van der Waals surface area contributed by atoms with Crippen LogP contribution < -0.4 is 0 Å². The Labute approximate surface area is 205 Å². The van der Waals surface area contributed by atoms with Crippen molar-refractivity contribution < 1.29 is 19.7 Å². The Morgan fingerprint density at radius 1 is 1.47 bits per heavy atom. The summed E-state index contributed by atoms with van der Waals surface area (Å²) in [5, 5.41) is 31.8. The van der Waals surface area contributed by atoms with Gasteiger partial charge >= 0.3 is 0 Å². The van der Waals surface area contributed by atoms with E-state index in [1.54, 1.807) is 23.7 Å². The average molecular weight is 559 g/mol. The number of rotatable bonds is 6. The van der Waals surface area contributed by atoms with Gasteiger partial charge in [-0.25, -0.2) is 14.5 Å². The monoisotopic (exact) mass is 557 g/mol. The van der Waals surface area contributed by atoms with Crippen molar-refractivity contribution in [2.75, 3.05) is 13.7 Å². The van der Waals surface area contributed by atoms with E-state index in [1.165, 1.54) is 34.9 Å². The second-order valence-corrected chi connectivity index (χ2v) is 10.1. The van der Waals surface area contributed by atoms with Crippen molar-refractivity contribution >= 4 is 56.3 Å². The van der Waals surface area contributed by atoms with Crippen LogP contribution in [0, 0.1) is 6.57 Å². The highest BCUT2D eigenvalue weighted by molar-refractivity contribution is 9.10. The predicted octanol–water partition coefficient (Wildman–Crippen LogP) is 3.79. The minimum Gasteiger partial charge on any atom is -0.394 e. The molecule has 1 fully saturated rings. The molecular weight excluding hydrogens is 542 g/mol. The summed E-state index contributed by atoms with van der Waals surface area (Å²) in [5.74, 6) is 0. The fourth-order valence-electron chi connectivity index (χ4n) is 3.40. The molecule has 3 aromatic rings. The molecule has 168 valence electrons. The standard InChI is InChI=1S/C19H17BrClN5O4S2/c1-22-10-4-3-9(20)5-13(10)32-19-17(29-2)15(16(28)12(7-27)30-19)26-6-11(24-25-26)18-23-14(21)8-31-18/h3-6,8,12,15-17,19,27-28H,7H2,2H3/t12?,15-,16-,17?,19+/m0/s1. The fourth-order valence-corrected chi connectivity index (χ4v) is 6.09. The molecule has 0 aliphatic carbocycles. The van der Waals surface area contributed by atoms with Gasteiger partial charge in [-0.2, -0.15) is 0 Å². The second kappa shape index (κ2) is 10.1. The van der Waals surface area contributed by atoms with Gasteiger partial charge in [0.2, 0.25) is 5.69 Å². The maximum atomic E-state index is 10.9. The van der Waals surface area contributed by atoms with Crippen LogP contribution >= 0.6 is 50.6 Å². The number of thioether (sulfide) groups is 1. The lowest BCUT2D eigenvalue weighted by Crippen LogP contribution is -2.55. The van der Waals surface area contributed by atoms with Crippen LogP contribution in [0.4, 0.5) is 5.69 Å². The van der Waals surface area contributed by atoms with Crippen molar-refractivity contribution in [3.8, 4) is 10.7 Å². The first kappa shape index (κ1) is 23.6. The summed E-state index contributed by atoms with van der Waals surface area (Å²) in [4.78, 5) is 8.45. The quantitative estimate of drug-likeness (QED) is 0.440. The van der Waals surface area contributed by atoms with Gasteiger partial charge in [0.05, 0.1) is 19.4 Å². The summed E-state index contributed by atoms with van der Waals surface area (Å²) >= 11 is 12.0. The van der Waals surface area contributed by atoms with Crippen LogP contribution in [0.1, 0.15) is 6.04 Å². The van der Waals surface area contributed by atoms with Gasteiger partial charge in [-0.05, 0) is 6.07 Å². The molecule has 2 aromatic heterocycles. The van der Waals surface area contributed by atoms with Gasteiger partial charge < -0.3 is 19.7 Å². The summed E-state index contributed by atoms with van der Waals surface area (Å²) in [7, 11) is 1.51. The minimum absolute atomic E-state index is 0.363. The number of hydrogen-bond acceptors (Lipinski definition) is 9. The zero-order valence-corrected chi connectivity index (χ0v) is 20.5. The van der Waals surface area contributed by atoms with Crippen LogP contribution in [0.5, 0.6) is 0 Å². The van der Waals surface area contributed by atoms with Crippen molar-refractivity contribution in [2.45, 2.75) is 34.7 Å². The number of aliphatic hydroxyl groups is 2. The summed E-state index contributed by atoms with van der Waals surface area (Å²) < 4.78 is 14.0. The number of hydrogen-bond donors (Lipinski definition) is 2. The molecule has 0 bridgehead atoms. The Bertz CT molecular complexity index is 1140. The van der Waals surface area contributed by atoms with Crippen molar-refractivity contribution in [1.82, 2.24) is 20.0 Å². The maximum absolute atomic E-state index is 10.9. The normalized spacial score (nSPS) is 25.6. The molecule has 9 nitrogen and oxygen atoms in total. The Morgan fingerprint density at radius 3 is 2.94 bits per heavy atom. The molecule has 1 aliphatic heterocycles. The average Bonchev–Trinajstić information content (AvgIpc) is 3.43. The SMILES string of the molecule is [C-]#[N+]c1ccc(Br)cc1S[C@H]1OC(CO)[C@H](O)[C@H](n2cc(-c3nc(Cl)cs3)nn2)C1OC. The molecule has 1 saturated heterocycles. The Balaban J connectivity index is 1.68. The van der Waals surface area contributed by atoms with E-state index in [1.807, 2.05) is 6.07 Å². The number of ether oxygens (including phenoxy) is 2. The number of aliphatic hydroxyl groups excluding tert-OH is 2. The topological polar surface area (TPSA) is 107 Å². The molecule has 0 spiro atoms. The molecule has 2 N–H and O–H groups in total. The molecule has 0 saturated carbocycles. The number of methoxy groups -OCH3 is 1. The van der Waals surface area contributed by atoms with Gasteiger partial charge in [0.1, 0.15) is 45.6 Å². The predicted molar refractivity (Wildman–Crippen MR) is 124 cm³/mol. The minimum atomic E-state index is -1.11. The third-order valence-corrected chi connectivity index (χ3v) is 7.77. The van der Waals surface area contributed by atoms with Crippen LogP contribution in [-0.2, 0) is 9.47 Å². The highest BCUT2D eigenvalue weighted by atomic mass is 79.9. The van der Waals surface area contributed by atoms with Crippen molar-refractivity contribution in [3.63, 3.8) is 0 Å². The molecule has 3 heterocycles. The van der Waals surface area contributed by atoms with E-state index < -0.39 is 36.4 Å². The second-order valence-electron chi connectivity index (χ2n) is 6.81. The van der Waals surface area contributed by atoms with Crippen LogP contribution in [0.25, 0.3) is 15.5 Å². The van der Waals surface area contributed by atoms with Gasteiger partial charge in [0.15, 0.2) is 0 Å². The maximum Gasteiger partial charge on any atom is 0.200 e. The Hall–Kier alpha value is -1.56. The van der Waals surface area contributed by atoms with Crippen molar-refractivity contribution in [3.05, 3.63) is 50.8 Å². The Morgan fingerprint density at radius 2 is 2.28 bits per heavy atom. The largest absolute Gasteiger partial charge is 0.394 e. The summed E-state index contributed by atoms with van der Waals surface area (Å²) in [5.41, 5.74) is 0.327. The molecule has 1 aromatic carbocycles. The highest BCUT2D eigenvalue weighted by Crippen LogP contribution is 2.43. The third kappa shape index (κ3) is 4.71. The van der Waals surface area contributed by atoms with Crippen LogP contribution in [-0.4, -0.2) is 67.7 Å². The summed E-state index contributed by atoms with van der Waals surface area (Å²) in [6, 6.07) is 4.62. The van der Waals surface area contributed by atoms with E-state index in [-0.39, 0.29) is 0 Å². The lowest BCUT2D eigenvalue weighted by molar-refractivity contribution is -0.186. The van der Waals surface area contributed by atoms with E-state index in [4.69, 9.17) is 27.6 Å². The van der Waals surface area contributed by atoms with Gasteiger partial charge in [0, 0.05) is 21.9 Å². The molecule has 0 amide bonds.